The van der Waals surface area contributed by atoms with Crippen molar-refractivity contribution >= 4 is 41.0 Å². The van der Waals surface area contributed by atoms with E-state index >= 15 is 0 Å². The third kappa shape index (κ3) is 3.32. The van der Waals surface area contributed by atoms with E-state index in [1.54, 1.807) is 0 Å². The van der Waals surface area contributed by atoms with Gasteiger partial charge in [0.05, 0.1) is 17.6 Å². The second-order valence-corrected chi connectivity index (χ2v) is 5.94. The average molecular weight is 337 g/mol. The minimum Gasteiger partial charge on any atom is -0.481 e. The largest absolute Gasteiger partial charge is 0.481 e. The van der Waals surface area contributed by atoms with Crippen molar-refractivity contribution in [3.05, 3.63) is 21.6 Å². The second kappa shape index (κ2) is 7.45. The number of hydrogen-bond acceptors (Lipinski definition) is 7. The smallest absolute Gasteiger partial charge is 0.259 e. The molecular formula is C14H15N3O3S2. The summed E-state index contributed by atoms with van der Waals surface area (Å²) in [6.45, 7) is 0.539. The molecule has 6 nitrogen and oxygen atoms in total. The van der Waals surface area contributed by atoms with E-state index in [0.717, 1.165) is 16.7 Å². The number of thiophene rings is 1. The molecule has 1 aliphatic carbocycles. The van der Waals surface area contributed by atoms with Crippen LogP contribution in [0, 0.1) is 16.7 Å². The number of allylic oxidation sites excluding steroid dienone is 1. The Kier molecular flexibility index (Phi) is 5.60. The van der Waals surface area contributed by atoms with Crippen LogP contribution >= 0.6 is 24.0 Å². The first-order valence-electron chi connectivity index (χ1n) is 6.56. The van der Waals surface area contributed by atoms with Crippen molar-refractivity contribution in [2.45, 2.75) is 12.8 Å². The Morgan fingerprint density at radius 2 is 2.27 bits per heavy atom. The fraction of sp³-hybridized carbons (Fsp3) is 0.357. The zero-order chi connectivity index (χ0) is 16.1. The number of nitrogens with zero attached hydrogens (tertiary/aromatic N) is 1. The van der Waals surface area contributed by atoms with E-state index in [4.69, 9.17) is 25.9 Å². The predicted octanol–water partition coefficient (Wildman–Crippen LogP) is 2.00. The maximum absolute atomic E-state index is 11.6. The van der Waals surface area contributed by atoms with Crippen LogP contribution in [0.25, 0.3) is 4.91 Å². The van der Waals surface area contributed by atoms with Gasteiger partial charge in [0.15, 0.2) is 5.06 Å². The molecule has 0 spiro atoms. The second-order valence-electron chi connectivity index (χ2n) is 4.51. The Labute approximate surface area is 137 Å². The quantitative estimate of drug-likeness (QED) is 0.401. The lowest BCUT2D eigenvalue weighted by atomic mass is 9.93. The Hall–Kier alpha value is -1.82. The summed E-state index contributed by atoms with van der Waals surface area (Å²) < 4.78 is 10.7. The molecule has 0 saturated heterocycles. The highest BCUT2D eigenvalue weighted by atomic mass is 32.1. The number of rotatable bonds is 7. The number of carbonyl (C=O) groups is 1. The van der Waals surface area contributed by atoms with Crippen molar-refractivity contribution in [3.8, 4) is 11.1 Å². The monoisotopic (exact) mass is 337 g/mol. The van der Waals surface area contributed by atoms with E-state index in [-0.39, 0.29) is 19.8 Å². The molecule has 3 N–H and O–H groups in total. The zero-order valence-corrected chi connectivity index (χ0v) is 13.4. The molecule has 8 heteroatoms. The number of amides is 1. The lowest BCUT2D eigenvalue weighted by Crippen LogP contribution is -2.13. The van der Waals surface area contributed by atoms with E-state index in [1.165, 1.54) is 17.6 Å². The fourth-order valence-electron chi connectivity index (χ4n) is 2.21. The summed E-state index contributed by atoms with van der Waals surface area (Å²) >= 11 is 5.66. The van der Waals surface area contributed by atoms with Crippen molar-refractivity contribution in [3.63, 3.8) is 0 Å². The molecule has 2 rings (SSSR count). The van der Waals surface area contributed by atoms with Gasteiger partial charge in [-0.15, -0.1) is 12.6 Å². The van der Waals surface area contributed by atoms with Crippen LogP contribution in [-0.4, -0.2) is 31.9 Å². The van der Waals surface area contributed by atoms with Crippen LogP contribution in [0.3, 0.4) is 0 Å². The topological polar surface area (TPSA) is 109 Å². The van der Waals surface area contributed by atoms with Crippen LogP contribution < -0.4 is 10.5 Å². The van der Waals surface area contributed by atoms with E-state index in [1.807, 2.05) is 6.07 Å². The molecule has 116 valence electrons. The van der Waals surface area contributed by atoms with Gasteiger partial charge in [0.25, 0.3) is 5.91 Å². The molecule has 1 aromatic rings. The molecule has 1 heterocycles. The molecule has 0 aliphatic heterocycles. The Balaban J connectivity index is 2.28. The van der Waals surface area contributed by atoms with Gasteiger partial charge in [-0.1, -0.05) is 11.3 Å². The maximum Gasteiger partial charge on any atom is 0.259 e. The van der Waals surface area contributed by atoms with Gasteiger partial charge < -0.3 is 20.6 Å². The number of hydrogen-bond donors (Lipinski definition) is 3. The summed E-state index contributed by atoms with van der Waals surface area (Å²) in [5.74, 6) is -0.490. The molecular weight excluding hydrogens is 322 g/mol. The number of ether oxygens (including phenoxy) is 2. The van der Waals surface area contributed by atoms with Crippen molar-refractivity contribution in [1.29, 1.82) is 10.7 Å². The first-order chi connectivity index (χ1) is 10.6. The van der Waals surface area contributed by atoms with Gasteiger partial charge in [-0.2, -0.15) is 5.26 Å². The van der Waals surface area contributed by atoms with Crippen LogP contribution in [0.4, 0.5) is 0 Å². The van der Waals surface area contributed by atoms with Crippen molar-refractivity contribution in [2.75, 3.05) is 19.8 Å². The highest BCUT2D eigenvalue weighted by Gasteiger charge is 2.28. The first kappa shape index (κ1) is 16.5. The summed E-state index contributed by atoms with van der Waals surface area (Å²) in [6.07, 6.45) is 2.55. The first-order valence-corrected chi connectivity index (χ1v) is 7.82. The van der Waals surface area contributed by atoms with Crippen LogP contribution in [0.1, 0.15) is 27.2 Å². The zero-order valence-electron chi connectivity index (χ0n) is 11.7. The van der Waals surface area contributed by atoms with Crippen molar-refractivity contribution < 1.29 is 14.3 Å². The number of nitrogens with two attached hydrogens (primary N) is 1. The van der Waals surface area contributed by atoms with E-state index in [9.17, 15) is 4.79 Å². The van der Waals surface area contributed by atoms with E-state index in [0.29, 0.717) is 27.7 Å². The number of primary amides is 1. The van der Waals surface area contributed by atoms with Crippen LogP contribution in [-0.2, 0) is 11.2 Å². The van der Waals surface area contributed by atoms with Gasteiger partial charge in [0.2, 0.25) is 0 Å². The average Bonchev–Trinajstić information content (AvgIpc) is 2.87. The molecule has 22 heavy (non-hydrogen) atoms. The lowest BCUT2D eigenvalue weighted by molar-refractivity contribution is 0.100. The third-order valence-corrected chi connectivity index (χ3v) is 4.86. The van der Waals surface area contributed by atoms with Crippen LogP contribution in [0.5, 0.6) is 5.06 Å². The molecule has 1 amide bonds. The van der Waals surface area contributed by atoms with E-state index < -0.39 is 5.91 Å². The predicted molar refractivity (Wildman–Crippen MR) is 87.8 cm³/mol. The third-order valence-electron chi connectivity index (χ3n) is 3.19. The molecule has 0 aromatic carbocycles. The van der Waals surface area contributed by atoms with Gasteiger partial charge in [-0.25, -0.2) is 0 Å². The van der Waals surface area contributed by atoms with Gasteiger partial charge >= 0.3 is 0 Å². The molecule has 0 atom stereocenters. The number of thiol groups is 1. The molecule has 1 aliphatic rings. The van der Waals surface area contributed by atoms with Crippen LogP contribution in [0.15, 0.2) is 5.57 Å². The number of nitriles is 1. The van der Waals surface area contributed by atoms with Crippen LogP contribution in [0.2, 0.25) is 0 Å². The minimum absolute atomic E-state index is 0.00805. The highest BCUT2D eigenvalue weighted by Crippen LogP contribution is 2.46. The lowest BCUT2D eigenvalue weighted by Gasteiger charge is -2.17. The molecule has 0 bridgehead atoms. The van der Waals surface area contributed by atoms with Crippen molar-refractivity contribution in [2.24, 2.45) is 5.73 Å². The SMILES string of the molecule is N#CCOCCOc1sc(C(N)=O)c2c1C(S)=C(C=N)CC2. The molecule has 0 radical (unpaired) electrons. The normalized spacial score (nSPS) is 13.5. The van der Waals surface area contributed by atoms with Gasteiger partial charge in [0.1, 0.15) is 13.2 Å². The summed E-state index contributed by atoms with van der Waals surface area (Å²) in [5, 5.41) is 16.4. The number of carbonyl (C=O) groups excluding carboxylic acids is 1. The summed E-state index contributed by atoms with van der Waals surface area (Å²) in [6, 6.07) is 1.87. The molecule has 0 fully saturated rings. The highest BCUT2D eigenvalue weighted by molar-refractivity contribution is 7.90. The number of nitrogens with one attached hydrogen (secondary N) is 1. The fourth-order valence-corrected chi connectivity index (χ4v) is 3.78. The van der Waals surface area contributed by atoms with Crippen molar-refractivity contribution in [1.82, 2.24) is 0 Å². The maximum atomic E-state index is 11.6. The van der Waals surface area contributed by atoms with E-state index in [2.05, 4.69) is 12.6 Å². The summed E-state index contributed by atoms with van der Waals surface area (Å²) in [4.78, 5) is 12.7. The number of fused-ring (bicyclic) bond motifs is 1. The Bertz CT molecular complexity index is 674. The molecule has 0 unspecified atom stereocenters. The minimum atomic E-state index is -0.490. The van der Waals surface area contributed by atoms with Gasteiger partial charge in [-0.05, 0) is 24.0 Å². The molecule has 0 saturated carbocycles. The Morgan fingerprint density at radius 1 is 1.50 bits per heavy atom. The summed E-state index contributed by atoms with van der Waals surface area (Å²) in [7, 11) is 0. The van der Waals surface area contributed by atoms with Gasteiger partial charge in [-0.3, -0.25) is 4.79 Å². The van der Waals surface area contributed by atoms with Gasteiger partial charge in [0, 0.05) is 16.7 Å². The standard InChI is InChI=1S/C14H15N3O3S2/c15-3-4-19-5-6-20-14-10-9(12(22-14)13(17)18)2-1-8(7-16)11(10)21/h7,16,21H,1-2,4-6H2,(H2,17,18). The Morgan fingerprint density at radius 3 is 2.91 bits per heavy atom. The summed E-state index contributed by atoms with van der Waals surface area (Å²) in [5.41, 5.74) is 7.81. The molecule has 1 aromatic heterocycles.